The van der Waals surface area contributed by atoms with Gasteiger partial charge in [-0.1, -0.05) is 58.9 Å². The van der Waals surface area contributed by atoms with Crippen LogP contribution in [0.25, 0.3) is 0 Å². The minimum atomic E-state index is -0.225. The fourth-order valence-corrected chi connectivity index (χ4v) is 9.34. The first kappa shape index (κ1) is 24.3. The molecule has 182 valence electrons. The zero-order chi connectivity index (χ0) is 23.3. The Bertz CT molecular complexity index is 729. The fraction of sp³-hybridized carbons (Fsp3) is 0.897. The van der Waals surface area contributed by atoms with E-state index in [0.717, 1.165) is 49.1 Å². The maximum absolute atomic E-state index is 10.4. The number of aliphatic hydroxyl groups is 1. The Hall–Kier alpha value is -0.830. The third kappa shape index (κ3) is 3.89. The predicted octanol–water partition coefficient (Wildman–Crippen LogP) is 7.32. The molecule has 4 rings (SSSR count). The SMILES string of the molecule is CC[C@H](/C=C/[C@@H](C)[C@H]1CC[C@H]2[C@@H]3C/C(=N\O)[C@H]4C[C@@H](O)CC[C@]4(C)[C@H]3CC[C@]12C)C(C)C. The summed E-state index contributed by atoms with van der Waals surface area (Å²) in [4.78, 5) is 0. The van der Waals surface area contributed by atoms with Crippen molar-refractivity contribution < 1.29 is 10.3 Å². The molecule has 0 aliphatic heterocycles. The van der Waals surface area contributed by atoms with Gasteiger partial charge in [0.05, 0.1) is 11.8 Å². The van der Waals surface area contributed by atoms with Gasteiger partial charge < -0.3 is 10.3 Å². The van der Waals surface area contributed by atoms with Crippen molar-refractivity contribution in [2.75, 3.05) is 0 Å². The standard InChI is InChI=1S/C29H49NO2/c1-7-20(18(2)3)9-8-19(4)23-10-11-24-22-17-27(30-32)26-16-21(31)12-14-29(26,6)25(22)13-15-28(23,24)5/h8-9,18-26,31-32H,7,10-17H2,1-6H3/b9-8+,30-27+/t19-,20-,21+,22+,23-,24+,25+,26-,28-,29-/m1/s1. The van der Waals surface area contributed by atoms with E-state index < -0.39 is 0 Å². The monoisotopic (exact) mass is 443 g/mol. The summed E-state index contributed by atoms with van der Waals surface area (Å²) >= 11 is 0. The van der Waals surface area contributed by atoms with E-state index in [1.807, 2.05) is 0 Å². The van der Waals surface area contributed by atoms with Crippen molar-refractivity contribution in [3.05, 3.63) is 12.2 Å². The molecular weight excluding hydrogens is 394 g/mol. The van der Waals surface area contributed by atoms with Crippen LogP contribution < -0.4 is 0 Å². The molecule has 4 aliphatic carbocycles. The van der Waals surface area contributed by atoms with E-state index in [1.165, 1.54) is 32.1 Å². The molecule has 4 fully saturated rings. The molecule has 0 unspecified atom stereocenters. The second-order valence-corrected chi connectivity index (χ2v) is 12.9. The molecule has 0 amide bonds. The van der Waals surface area contributed by atoms with Crippen LogP contribution in [0.15, 0.2) is 17.3 Å². The third-order valence-corrected chi connectivity index (χ3v) is 11.3. The molecule has 0 bridgehead atoms. The second-order valence-electron chi connectivity index (χ2n) is 12.9. The molecule has 10 atom stereocenters. The number of hydrogen-bond donors (Lipinski definition) is 2. The second kappa shape index (κ2) is 9.08. The van der Waals surface area contributed by atoms with Crippen molar-refractivity contribution in [3.63, 3.8) is 0 Å². The molecule has 0 aromatic carbocycles. The highest BCUT2D eigenvalue weighted by Gasteiger charge is 2.62. The molecule has 3 heteroatoms. The van der Waals surface area contributed by atoms with Gasteiger partial charge in [0.2, 0.25) is 0 Å². The Kier molecular flexibility index (Phi) is 6.90. The molecule has 0 saturated heterocycles. The Labute approximate surface area is 197 Å². The van der Waals surface area contributed by atoms with Crippen LogP contribution in [0.3, 0.4) is 0 Å². The molecule has 0 radical (unpaired) electrons. The van der Waals surface area contributed by atoms with E-state index in [2.05, 4.69) is 58.9 Å². The van der Waals surface area contributed by atoms with E-state index in [4.69, 9.17) is 0 Å². The van der Waals surface area contributed by atoms with Crippen molar-refractivity contribution in [2.45, 2.75) is 105 Å². The smallest absolute Gasteiger partial charge is 0.0611 e. The highest BCUT2D eigenvalue weighted by molar-refractivity contribution is 5.88. The Balaban J connectivity index is 1.56. The Morgan fingerprint density at radius 2 is 1.69 bits per heavy atom. The topological polar surface area (TPSA) is 52.8 Å². The van der Waals surface area contributed by atoms with Gasteiger partial charge in [0, 0.05) is 5.92 Å². The maximum Gasteiger partial charge on any atom is 0.0611 e. The van der Waals surface area contributed by atoms with Crippen LogP contribution >= 0.6 is 0 Å². The highest BCUT2D eigenvalue weighted by atomic mass is 16.4. The normalized spacial score (nSPS) is 47.3. The van der Waals surface area contributed by atoms with Crippen molar-refractivity contribution in [3.8, 4) is 0 Å². The first-order valence-electron chi connectivity index (χ1n) is 13.7. The fourth-order valence-electron chi connectivity index (χ4n) is 9.34. The number of rotatable bonds is 5. The number of allylic oxidation sites excluding steroid dienone is 2. The molecule has 2 N–H and O–H groups in total. The number of hydrogen-bond acceptors (Lipinski definition) is 3. The lowest BCUT2D eigenvalue weighted by Crippen LogP contribution is -2.57. The lowest BCUT2D eigenvalue weighted by atomic mass is 9.44. The predicted molar refractivity (Wildman–Crippen MR) is 133 cm³/mol. The van der Waals surface area contributed by atoms with Gasteiger partial charge in [0.25, 0.3) is 0 Å². The zero-order valence-corrected chi connectivity index (χ0v) is 21.6. The van der Waals surface area contributed by atoms with E-state index in [9.17, 15) is 10.3 Å². The van der Waals surface area contributed by atoms with Crippen molar-refractivity contribution in [1.82, 2.24) is 0 Å². The molecule has 0 aromatic heterocycles. The molecule has 0 spiro atoms. The van der Waals surface area contributed by atoms with Gasteiger partial charge in [-0.15, -0.1) is 0 Å². The molecule has 3 nitrogen and oxygen atoms in total. The Morgan fingerprint density at radius 3 is 2.34 bits per heavy atom. The summed E-state index contributed by atoms with van der Waals surface area (Å²) in [6.45, 7) is 14.5. The van der Waals surface area contributed by atoms with Gasteiger partial charge in [-0.2, -0.15) is 0 Å². The molecule has 0 heterocycles. The number of oxime groups is 1. The lowest BCUT2D eigenvalue weighted by molar-refractivity contribution is -0.0929. The van der Waals surface area contributed by atoms with Gasteiger partial charge in [-0.3, -0.25) is 0 Å². The zero-order valence-electron chi connectivity index (χ0n) is 21.6. The molecular formula is C29H49NO2. The van der Waals surface area contributed by atoms with Crippen LogP contribution in [0.4, 0.5) is 0 Å². The van der Waals surface area contributed by atoms with Crippen LogP contribution in [0.2, 0.25) is 0 Å². The van der Waals surface area contributed by atoms with Crippen LogP contribution in [0.1, 0.15) is 99.3 Å². The first-order chi connectivity index (χ1) is 15.2. The quantitative estimate of drug-likeness (QED) is 0.266. The summed E-state index contributed by atoms with van der Waals surface area (Å²) in [7, 11) is 0. The van der Waals surface area contributed by atoms with Crippen molar-refractivity contribution in [1.29, 1.82) is 0 Å². The average Bonchev–Trinajstić information content (AvgIpc) is 3.11. The highest BCUT2D eigenvalue weighted by Crippen LogP contribution is 2.67. The molecule has 4 saturated carbocycles. The Morgan fingerprint density at radius 1 is 1.00 bits per heavy atom. The summed E-state index contributed by atoms with van der Waals surface area (Å²) in [5.74, 6) is 5.19. The van der Waals surface area contributed by atoms with Crippen molar-refractivity contribution >= 4 is 5.71 Å². The summed E-state index contributed by atoms with van der Waals surface area (Å²) < 4.78 is 0. The lowest BCUT2D eigenvalue weighted by Gasteiger charge is -2.61. The number of nitrogens with zero attached hydrogens (tertiary/aromatic N) is 1. The minimum absolute atomic E-state index is 0.195. The van der Waals surface area contributed by atoms with Gasteiger partial charge >= 0.3 is 0 Å². The maximum atomic E-state index is 10.4. The molecule has 4 aliphatic rings. The van der Waals surface area contributed by atoms with E-state index in [0.29, 0.717) is 29.1 Å². The van der Waals surface area contributed by atoms with Crippen molar-refractivity contribution in [2.24, 2.45) is 63.3 Å². The summed E-state index contributed by atoms with van der Waals surface area (Å²) in [5, 5.41) is 24.2. The van der Waals surface area contributed by atoms with E-state index in [-0.39, 0.29) is 17.4 Å². The van der Waals surface area contributed by atoms with Gasteiger partial charge in [0.15, 0.2) is 0 Å². The van der Waals surface area contributed by atoms with Crippen LogP contribution in [0, 0.1) is 58.2 Å². The van der Waals surface area contributed by atoms with Gasteiger partial charge in [-0.25, -0.2) is 0 Å². The van der Waals surface area contributed by atoms with Gasteiger partial charge in [0.1, 0.15) is 0 Å². The van der Waals surface area contributed by atoms with Gasteiger partial charge in [-0.05, 0) is 110 Å². The van der Waals surface area contributed by atoms with Crippen LogP contribution in [-0.4, -0.2) is 22.1 Å². The summed E-state index contributed by atoms with van der Waals surface area (Å²) in [6.07, 6.45) is 15.2. The summed E-state index contributed by atoms with van der Waals surface area (Å²) in [6, 6.07) is 0. The largest absolute Gasteiger partial charge is 0.411 e. The average molecular weight is 444 g/mol. The van der Waals surface area contributed by atoms with E-state index in [1.54, 1.807) is 0 Å². The first-order valence-corrected chi connectivity index (χ1v) is 13.7. The third-order valence-electron chi connectivity index (χ3n) is 11.3. The molecule has 32 heavy (non-hydrogen) atoms. The van der Waals surface area contributed by atoms with E-state index >= 15 is 0 Å². The van der Waals surface area contributed by atoms with Crippen LogP contribution in [0.5, 0.6) is 0 Å². The minimum Gasteiger partial charge on any atom is -0.411 e. The summed E-state index contributed by atoms with van der Waals surface area (Å²) in [5.41, 5.74) is 1.60. The molecule has 0 aromatic rings. The number of fused-ring (bicyclic) bond motifs is 5. The number of aliphatic hydroxyl groups excluding tert-OH is 1. The van der Waals surface area contributed by atoms with Crippen LogP contribution in [-0.2, 0) is 0 Å².